The van der Waals surface area contributed by atoms with E-state index in [1.54, 1.807) is 4.68 Å². The Morgan fingerprint density at radius 3 is 2.64 bits per heavy atom. The summed E-state index contributed by atoms with van der Waals surface area (Å²) < 4.78 is 1.73. The number of aryl methyl sites for hydroxylation is 1. The fraction of sp³-hybridized carbons (Fsp3) is 0.800. The van der Waals surface area contributed by atoms with Gasteiger partial charge < -0.3 is 5.32 Å². The van der Waals surface area contributed by atoms with Crippen molar-refractivity contribution >= 4 is 0 Å². The first kappa shape index (κ1) is 11.2. The molecule has 1 N–H and O–H groups in total. The highest BCUT2D eigenvalue weighted by molar-refractivity contribution is 4.91. The van der Waals surface area contributed by atoms with Crippen molar-refractivity contribution in [3.63, 3.8) is 0 Å². The quantitative estimate of drug-likeness (QED) is 0.772. The van der Waals surface area contributed by atoms with E-state index in [9.17, 15) is 0 Å². The molecule has 14 heavy (non-hydrogen) atoms. The molecule has 0 fully saturated rings. The van der Waals surface area contributed by atoms with Crippen LogP contribution in [0.4, 0.5) is 0 Å². The molecule has 0 radical (unpaired) electrons. The Balaban J connectivity index is 2.26. The molecule has 0 saturated heterocycles. The third kappa shape index (κ3) is 3.87. The van der Waals surface area contributed by atoms with Crippen LogP contribution in [-0.2, 0) is 13.6 Å². The van der Waals surface area contributed by atoms with Crippen LogP contribution in [0.1, 0.15) is 32.9 Å². The molecule has 80 valence electrons. The summed E-state index contributed by atoms with van der Waals surface area (Å²) in [5, 5.41) is 11.3. The topological polar surface area (TPSA) is 42.7 Å². The fourth-order valence-electron chi connectivity index (χ4n) is 1.55. The SMILES string of the molecule is CC(C)CC(C)NCc1cn(C)nn1. The monoisotopic (exact) mass is 196 g/mol. The molecule has 1 heterocycles. The number of hydrogen-bond acceptors (Lipinski definition) is 3. The van der Waals surface area contributed by atoms with Gasteiger partial charge in [-0.2, -0.15) is 0 Å². The Morgan fingerprint density at radius 2 is 2.14 bits per heavy atom. The van der Waals surface area contributed by atoms with Crippen LogP contribution < -0.4 is 5.32 Å². The molecule has 0 aliphatic heterocycles. The van der Waals surface area contributed by atoms with Gasteiger partial charge in [-0.25, -0.2) is 0 Å². The van der Waals surface area contributed by atoms with E-state index in [0.717, 1.165) is 18.2 Å². The number of rotatable bonds is 5. The minimum Gasteiger partial charge on any atom is -0.309 e. The number of hydrogen-bond donors (Lipinski definition) is 1. The Labute approximate surface area is 85.7 Å². The minimum atomic E-state index is 0.539. The van der Waals surface area contributed by atoms with Crippen molar-refractivity contribution < 1.29 is 0 Å². The van der Waals surface area contributed by atoms with Crippen molar-refractivity contribution in [2.75, 3.05) is 0 Å². The van der Waals surface area contributed by atoms with E-state index < -0.39 is 0 Å². The molecule has 1 rings (SSSR count). The van der Waals surface area contributed by atoms with Gasteiger partial charge in [0.1, 0.15) is 0 Å². The molecular weight excluding hydrogens is 176 g/mol. The predicted octanol–water partition coefficient (Wildman–Crippen LogP) is 1.34. The molecule has 0 saturated carbocycles. The van der Waals surface area contributed by atoms with Crippen LogP contribution >= 0.6 is 0 Å². The number of nitrogens with zero attached hydrogens (tertiary/aromatic N) is 3. The smallest absolute Gasteiger partial charge is 0.0964 e. The number of nitrogens with one attached hydrogen (secondary N) is 1. The second kappa shape index (κ2) is 5.10. The van der Waals surface area contributed by atoms with Gasteiger partial charge in [0.05, 0.1) is 5.69 Å². The fourth-order valence-corrected chi connectivity index (χ4v) is 1.55. The highest BCUT2D eigenvalue weighted by atomic mass is 15.4. The zero-order valence-corrected chi connectivity index (χ0v) is 9.49. The zero-order chi connectivity index (χ0) is 10.6. The molecule has 0 bridgehead atoms. The molecule has 1 aromatic rings. The second-order valence-electron chi connectivity index (χ2n) is 4.30. The van der Waals surface area contributed by atoms with Crippen LogP contribution in [0.15, 0.2) is 6.20 Å². The van der Waals surface area contributed by atoms with E-state index >= 15 is 0 Å². The Kier molecular flexibility index (Phi) is 4.07. The van der Waals surface area contributed by atoms with Crippen molar-refractivity contribution in [2.45, 2.75) is 39.8 Å². The Morgan fingerprint density at radius 1 is 1.43 bits per heavy atom. The van der Waals surface area contributed by atoms with Crippen LogP contribution in [-0.4, -0.2) is 21.0 Å². The average molecular weight is 196 g/mol. The first-order valence-electron chi connectivity index (χ1n) is 5.16. The summed E-state index contributed by atoms with van der Waals surface area (Å²) in [5.41, 5.74) is 1.00. The van der Waals surface area contributed by atoms with Gasteiger partial charge in [-0.05, 0) is 19.3 Å². The van der Waals surface area contributed by atoms with Crippen molar-refractivity contribution in [3.05, 3.63) is 11.9 Å². The van der Waals surface area contributed by atoms with Crippen LogP contribution in [0.2, 0.25) is 0 Å². The summed E-state index contributed by atoms with van der Waals surface area (Å²) in [5.74, 6) is 0.736. The average Bonchev–Trinajstić information content (AvgIpc) is 2.47. The van der Waals surface area contributed by atoms with Crippen molar-refractivity contribution in [1.29, 1.82) is 0 Å². The molecule has 0 aliphatic rings. The molecular formula is C10H20N4. The van der Waals surface area contributed by atoms with Gasteiger partial charge in [0.2, 0.25) is 0 Å². The summed E-state index contributed by atoms with van der Waals surface area (Å²) in [6.07, 6.45) is 3.13. The van der Waals surface area contributed by atoms with Gasteiger partial charge in [-0.3, -0.25) is 4.68 Å². The normalized spacial score (nSPS) is 13.5. The highest BCUT2D eigenvalue weighted by Crippen LogP contribution is 2.04. The van der Waals surface area contributed by atoms with Crippen LogP contribution in [0.25, 0.3) is 0 Å². The molecule has 4 heteroatoms. The molecule has 1 aromatic heterocycles. The largest absolute Gasteiger partial charge is 0.309 e. The highest BCUT2D eigenvalue weighted by Gasteiger charge is 2.05. The lowest BCUT2D eigenvalue weighted by Crippen LogP contribution is -2.26. The minimum absolute atomic E-state index is 0.539. The van der Waals surface area contributed by atoms with Gasteiger partial charge in [-0.15, -0.1) is 5.10 Å². The van der Waals surface area contributed by atoms with E-state index in [1.165, 1.54) is 6.42 Å². The van der Waals surface area contributed by atoms with Crippen LogP contribution in [0.5, 0.6) is 0 Å². The summed E-state index contributed by atoms with van der Waals surface area (Å²) >= 11 is 0. The molecule has 0 amide bonds. The standard InChI is InChI=1S/C10H20N4/c1-8(2)5-9(3)11-6-10-7-14(4)13-12-10/h7-9,11H,5-6H2,1-4H3. The molecule has 0 spiro atoms. The van der Waals surface area contributed by atoms with E-state index in [1.807, 2.05) is 13.2 Å². The predicted molar refractivity (Wildman–Crippen MR) is 56.8 cm³/mol. The van der Waals surface area contributed by atoms with Gasteiger partial charge in [0.25, 0.3) is 0 Å². The Hall–Kier alpha value is -0.900. The van der Waals surface area contributed by atoms with Crippen molar-refractivity contribution in [3.8, 4) is 0 Å². The number of aromatic nitrogens is 3. The van der Waals surface area contributed by atoms with E-state index in [0.29, 0.717) is 6.04 Å². The van der Waals surface area contributed by atoms with Gasteiger partial charge >= 0.3 is 0 Å². The molecule has 0 aliphatic carbocycles. The third-order valence-electron chi connectivity index (χ3n) is 2.11. The summed E-state index contributed by atoms with van der Waals surface area (Å²) in [4.78, 5) is 0. The second-order valence-corrected chi connectivity index (χ2v) is 4.30. The first-order valence-corrected chi connectivity index (χ1v) is 5.16. The van der Waals surface area contributed by atoms with E-state index in [2.05, 4.69) is 36.4 Å². The summed E-state index contributed by atoms with van der Waals surface area (Å²) in [7, 11) is 1.88. The van der Waals surface area contributed by atoms with E-state index in [4.69, 9.17) is 0 Å². The van der Waals surface area contributed by atoms with Gasteiger partial charge in [0.15, 0.2) is 0 Å². The maximum Gasteiger partial charge on any atom is 0.0964 e. The zero-order valence-electron chi connectivity index (χ0n) is 9.49. The maximum absolute atomic E-state index is 4.02. The van der Waals surface area contributed by atoms with Gasteiger partial charge in [-0.1, -0.05) is 19.1 Å². The Bertz CT molecular complexity index is 267. The lowest BCUT2D eigenvalue weighted by atomic mass is 10.1. The van der Waals surface area contributed by atoms with Crippen molar-refractivity contribution in [2.24, 2.45) is 13.0 Å². The lowest BCUT2D eigenvalue weighted by Gasteiger charge is -2.14. The molecule has 1 unspecified atom stereocenters. The molecule has 1 atom stereocenters. The van der Waals surface area contributed by atoms with Crippen molar-refractivity contribution in [1.82, 2.24) is 20.3 Å². The van der Waals surface area contributed by atoms with E-state index in [-0.39, 0.29) is 0 Å². The van der Waals surface area contributed by atoms with Crippen LogP contribution in [0, 0.1) is 5.92 Å². The molecule has 4 nitrogen and oxygen atoms in total. The first-order chi connectivity index (χ1) is 6.58. The molecule has 0 aromatic carbocycles. The van der Waals surface area contributed by atoms with Crippen LogP contribution in [0.3, 0.4) is 0 Å². The summed E-state index contributed by atoms with van der Waals surface area (Å²) in [6.45, 7) is 7.49. The summed E-state index contributed by atoms with van der Waals surface area (Å²) in [6, 6.07) is 0.539. The maximum atomic E-state index is 4.02. The lowest BCUT2D eigenvalue weighted by molar-refractivity contribution is 0.439. The third-order valence-corrected chi connectivity index (χ3v) is 2.11. The van der Waals surface area contributed by atoms with Gasteiger partial charge in [0, 0.05) is 25.8 Å².